The van der Waals surface area contributed by atoms with Crippen LogP contribution in [0.4, 0.5) is 0 Å². The molecule has 0 aromatic carbocycles. The molecule has 0 aromatic heterocycles. The van der Waals surface area contributed by atoms with Crippen molar-refractivity contribution in [2.75, 3.05) is 39.8 Å². The summed E-state index contributed by atoms with van der Waals surface area (Å²) in [5.41, 5.74) is 0.419. The molecule has 3 nitrogen and oxygen atoms in total. The maximum atomic E-state index is 3.59. The second-order valence-corrected chi connectivity index (χ2v) is 6.52. The van der Waals surface area contributed by atoms with Crippen molar-refractivity contribution in [3.05, 3.63) is 0 Å². The predicted molar refractivity (Wildman–Crippen MR) is 75.4 cm³/mol. The minimum Gasteiger partial charge on any atom is -0.315 e. The molecule has 0 amide bonds. The van der Waals surface area contributed by atoms with Crippen molar-refractivity contribution in [3.63, 3.8) is 0 Å². The standard InChI is InChI=1S/C14H31N3/c1-12(2)16-8-7-15-11-14(3,4)13-6-9-17(5)10-13/h12-13,15-16H,6-11H2,1-5H3. The van der Waals surface area contributed by atoms with Gasteiger partial charge in [0.05, 0.1) is 0 Å². The molecule has 0 radical (unpaired) electrons. The van der Waals surface area contributed by atoms with E-state index in [4.69, 9.17) is 0 Å². The van der Waals surface area contributed by atoms with Crippen LogP contribution >= 0.6 is 0 Å². The van der Waals surface area contributed by atoms with E-state index in [2.05, 4.69) is 50.3 Å². The summed E-state index contributed by atoms with van der Waals surface area (Å²) in [6, 6.07) is 0.591. The first-order valence-electron chi connectivity index (χ1n) is 7.04. The van der Waals surface area contributed by atoms with Crippen LogP contribution in [0, 0.1) is 11.3 Å². The lowest BCUT2D eigenvalue weighted by Crippen LogP contribution is -2.40. The topological polar surface area (TPSA) is 27.3 Å². The minimum atomic E-state index is 0.419. The van der Waals surface area contributed by atoms with Crippen molar-refractivity contribution in [3.8, 4) is 0 Å². The molecule has 1 atom stereocenters. The lowest BCUT2D eigenvalue weighted by molar-refractivity contribution is 0.207. The molecule has 1 unspecified atom stereocenters. The van der Waals surface area contributed by atoms with Gasteiger partial charge in [0.15, 0.2) is 0 Å². The molecule has 17 heavy (non-hydrogen) atoms. The molecular formula is C14H31N3. The Morgan fingerprint density at radius 1 is 1.29 bits per heavy atom. The summed E-state index contributed by atoms with van der Waals surface area (Å²) in [4.78, 5) is 2.45. The second kappa shape index (κ2) is 6.72. The monoisotopic (exact) mass is 241 g/mol. The van der Waals surface area contributed by atoms with Crippen LogP contribution in [0.3, 0.4) is 0 Å². The van der Waals surface area contributed by atoms with E-state index >= 15 is 0 Å². The summed E-state index contributed by atoms with van der Waals surface area (Å²) < 4.78 is 0. The molecule has 1 heterocycles. The Morgan fingerprint density at radius 2 is 2.00 bits per heavy atom. The van der Waals surface area contributed by atoms with Gasteiger partial charge in [-0.15, -0.1) is 0 Å². The Bertz CT molecular complexity index is 214. The molecule has 2 N–H and O–H groups in total. The zero-order valence-corrected chi connectivity index (χ0v) is 12.3. The largest absolute Gasteiger partial charge is 0.315 e. The number of nitrogens with one attached hydrogen (secondary N) is 2. The molecule has 1 fully saturated rings. The molecule has 1 saturated heterocycles. The van der Waals surface area contributed by atoms with Gasteiger partial charge >= 0.3 is 0 Å². The van der Waals surface area contributed by atoms with Crippen molar-refractivity contribution in [2.24, 2.45) is 11.3 Å². The van der Waals surface area contributed by atoms with E-state index in [1.165, 1.54) is 19.5 Å². The van der Waals surface area contributed by atoms with E-state index in [1.807, 2.05) is 0 Å². The quantitative estimate of drug-likeness (QED) is 0.662. The van der Waals surface area contributed by atoms with Crippen LogP contribution in [-0.4, -0.2) is 50.7 Å². The van der Waals surface area contributed by atoms with Crippen LogP contribution in [0.15, 0.2) is 0 Å². The summed E-state index contributed by atoms with van der Waals surface area (Å²) in [6.07, 6.45) is 1.36. The fourth-order valence-electron chi connectivity index (χ4n) is 2.58. The SMILES string of the molecule is CC(C)NCCNCC(C)(C)C1CCN(C)C1. The summed E-state index contributed by atoms with van der Waals surface area (Å²) in [6.45, 7) is 15.0. The predicted octanol–water partition coefficient (Wildman–Crippen LogP) is 1.55. The fraction of sp³-hybridized carbons (Fsp3) is 1.00. The first kappa shape index (κ1) is 14.9. The smallest absolute Gasteiger partial charge is 0.00790 e. The van der Waals surface area contributed by atoms with Gasteiger partial charge in [-0.3, -0.25) is 0 Å². The van der Waals surface area contributed by atoms with Gasteiger partial charge in [0.25, 0.3) is 0 Å². The van der Waals surface area contributed by atoms with Gasteiger partial charge in [-0.1, -0.05) is 27.7 Å². The van der Waals surface area contributed by atoms with Gasteiger partial charge in [-0.05, 0) is 31.3 Å². The van der Waals surface area contributed by atoms with E-state index in [0.29, 0.717) is 11.5 Å². The summed E-state index contributed by atoms with van der Waals surface area (Å²) >= 11 is 0. The Labute approximate surface area is 107 Å². The normalized spacial score (nSPS) is 22.6. The highest BCUT2D eigenvalue weighted by Crippen LogP contribution is 2.32. The Hall–Kier alpha value is -0.120. The number of rotatable bonds is 7. The van der Waals surface area contributed by atoms with Crippen LogP contribution in [0.1, 0.15) is 34.1 Å². The highest BCUT2D eigenvalue weighted by Gasteiger charge is 2.33. The van der Waals surface area contributed by atoms with Gasteiger partial charge in [-0.2, -0.15) is 0 Å². The summed E-state index contributed by atoms with van der Waals surface area (Å²) in [5.74, 6) is 0.845. The van der Waals surface area contributed by atoms with Crippen LogP contribution in [0.25, 0.3) is 0 Å². The van der Waals surface area contributed by atoms with Crippen molar-refractivity contribution in [1.29, 1.82) is 0 Å². The van der Waals surface area contributed by atoms with E-state index < -0.39 is 0 Å². The molecular weight excluding hydrogens is 210 g/mol. The van der Waals surface area contributed by atoms with Gasteiger partial charge in [0.1, 0.15) is 0 Å². The molecule has 0 aromatic rings. The number of likely N-dealkylation sites (tertiary alicyclic amines) is 1. The molecule has 1 rings (SSSR count). The highest BCUT2D eigenvalue weighted by molar-refractivity contribution is 4.86. The molecule has 0 saturated carbocycles. The lowest BCUT2D eigenvalue weighted by Gasteiger charge is -2.32. The maximum absolute atomic E-state index is 3.59. The molecule has 3 heteroatoms. The highest BCUT2D eigenvalue weighted by atomic mass is 15.1. The van der Waals surface area contributed by atoms with Crippen LogP contribution in [0.5, 0.6) is 0 Å². The van der Waals surface area contributed by atoms with Crippen molar-refractivity contribution in [2.45, 2.75) is 40.2 Å². The molecule has 1 aliphatic heterocycles. The van der Waals surface area contributed by atoms with Crippen LogP contribution < -0.4 is 10.6 Å². The molecule has 102 valence electrons. The van der Waals surface area contributed by atoms with E-state index in [-0.39, 0.29) is 0 Å². The first-order valence-corrected chi connectivity index (χ1v) is 7.04. The number of nitrogens with zero attached hydrogens (tertiary/aromatic N) is 1. The first-order chi connectivity index (χ1) is 7.92. The van der Waals surface area contributed by atoms with Crippen molar-refractivity contribution in [1.82, 2.24) is 15.5 Å². The zero-order chi connectivity index (χ0) is 12.9. The summed E-state index contributed by atoms with van der Waals surface area (Å²) in [7, 11) is 2.23. The minimum absolute atomic E-state index is 0.419. The Morgan fingerprint density at radius 3 is 2.53 bits per heavy atom. The molecule has 0 aliphatic carbocycles. The maximum Gasteiger partial charge on any atom is 0.00790 e. The Balaban J connectivity index is 2.16. The van der Waals surface area contributed by atoms with Crippen molar-refractivity contribution < 1.29 is 0 Å². The third-order valence-corrected chi connectivity index (χ3v) is 3.93. The second-order valence-electron chi connectivity index (χ2n) is 6.52. The van der Waals surface area contributed by atoms with Gasteiger partial charge < -0.3 is 15.5 Å². The lowest BCUT2D eigenvalue weighted by atomic mass is 9.78. The molecule has 0 bridgehead atoms. The average Bonchev–Trinajstić information content (AvgIpc) is 2.64. The summed E-state index contributed by atoms with van der Waals surface area (Å²) in [5, 5.41) is 7.03. The average molecular weight is 241 g/mol. The number of hydrogen-bond acceptors (Lipinski definition) is 3. The van der Waals surface area contributed by atoms with E-state index in [9.17, 15) is 0 Å². The molecule has 0 spiro atoms. The van der Waals surface area contributed by atoms with E-state index in [0.717, 1.165) is 25.6 Å². The van der Waals surface area contributed by atoms with Crippen LogP contribution in [0.2, 0.25) is 0 Å². The van der Waals surface area contributed by atoms with Gasteiger partial charge in [-0.25, -0.2) is 0 Å². The fourth-order valence-corrected chi connectivity index (χ4v) is 2.58. The third kappa shape index (κ3) is 5.36. The van der Waals surface area contributed by atoms with Crippen molar-refractivity contribution >= 4 is 0 Å². The van der Waals surface area contributed by atoms with Crippen LogP contribution in [-0.2, 0) is 0 Å². The number of hydrogen-bond donors (Lipinski definition) is 2. The van der Waals surface area contributed by atoms with Gasteiger partial charge in [0.2, 0.25) is 0 Å². The molecule has 1 aliphatic rings. The Kier molecular flexibility index (Phi) is 5.90. The van der Waals surface area contributed by atoms with E-state index in [1.54, 1.807) is 0 Å². The zero-order valence-electron chi connectivity index (χ0n) is 12.3. The third-order valence-electron chi connectivity index (χ3n) is 3.93. The van der Waals surface area contributed by atoms with Gasteiger partial charge in [0, 0.05) is 32.2 Å².